The van der Waals surface area contributed by atoms with Crippen LogP contribution in [0.15, 0.2) is 72.8 Å². The molecule has 3 aromatic carbocycles. The molecule has 1 aliphatic heterocycles. The second-order valence-electron chi connectivity index (χ2n) is 8.11. The van der Waals surface area contributed by atoms with Gasteiger partial charge in [-0.05, 0) is 50.1 Å². The molecule has 0 atom stereocenters. The van der Waals surface area contributed by atoms with Gasteiger partial charge in [-0.1, -0.05) is 83.9 Å². The lowest BCUT2D eigenvalue weighted by atomic mass is 9.88. The van der Waals surface area contributed by atoms with Gasteiger partial charge in [-0.2, -0.15) is 0 Å². The van der Waals surface area contributed by atoms with E-state index in [9.17, 15) is 0 Å². The maximum Gasteiger partial charge on any atom is 0.129 e. The fourth-order valence-electron chi connectivity index (χ4n) is 3.96. The summed E-state index contributed by atoms with van der Waals surface area (Å²) in [6.45, 7) is 6.57. The van der Waals surface area contributed by atoms with Crippen LogP contribution in [-0.4, -0.2) is 3.96 Å². The summed E-state index contributed by atoms with van der Waals surface area (Å²) in [5, 5.41) is 3.75. The lowest BCUT2D eigenvalue weighted by Gasteiger charge is -2.33. The minimum Gasteiger partial charge on any atom is -0.375 e. The van der Waals surface area contributed by atoms with Gasteiger partial charge in [0.25, 0.3) is 0 Å². The number of aromatic nitrogens is 1. The Morgan fingerprint density at radius 2 is 1.62 bits per heavy atom. The summed E-state index contributed by atoms with van der Waals surface area (Å²) < 4.78 is 3.07. The number of hydrogen-bond donors (Lipinski definition) is 1. The fraction of sp³-hybridized carbons (Fsp3) is 0.160. The van der Waals surface area contributed by atoms with Crippen molar-refractivity contribution in [3.63, 3.8) is 0 Å². The molecule has 4 heteroatoms. The number of nitrogens with zero attached hydrogens (tertiary/aromatic N) is 1. The smallest absolute Gasteiger partial charge is 0.129 e. The van der Waals surface area contributed by atoms with Crippen LogP contribution in [0.4, 0.5) is 5.69 Å². The lowest BCUT2D eigenvalue weighted by molar-refractivity contribution is 0.620. The van der Waals surface area contributed by atoms with Crippen LogP contribution in [-0.2, 0) is 5.54 Å². The molecule has 29 heavy (non-hydrogen) atoms. The van der Waals surface area contributed by atoms with Gasteiger partial charge in [0.1, 0.15) is 4.64 Å². The SMILES string of the molecule is Cc1ccc(-n2sc3c(c2=S)-c2ccc(-c4ccccc4)cc2NC3(C)C)cc1. The van der Waals surface area contributed by atoms with Gasteiger partial charge in [-0.15, -0.1) is 0 Å². The molecule has 5 rings (SSSR count). The lowest BCUT2D eigenvalue weighted by Crippen LogP contribution is -2.30. The summed E-state index contributed by atoms with van der Waals surface area (Å²) in [6, 6.07) is 25.7. The van der Waals surface area contributed by atoms with E-state index in [1.165, 1.54) is 32.7 Å². The van der Waals surface area contributed by atoms with E-state index >= 15 is 0 Å². The first-order valence-electron chi connectivity index (χ1n) is 9.76. The first kappa shape index (κ1) is 18.3. The highest BCUT2D eigenvalue weighted by Crippen LogP contribution is 2.48. The highest BCUT2D eigenvalue weighted by molar-refractivity contribution is 7.71. The van der Waals surface area contributed by atoms with Gasteiger partial charge >= 0.3 is 0 Å². The van der Waals surface area contributed by atoms with Gasteiger partial charge in [-0.25, -0.2) is 0 Å². The number of benzene rings is 3. The van der Waals surface area contributed by atoms with Crippen LogP contribution >= 0.6 is 23.8 Å². The quantitative estimate of drug-likeness (QED) is 0.341. The third kappa shape index (κ3) is 3.04. The van der Waals surface area contributed by atoms with Crippen molar-refractivity contribution in [3.8, 4) is 27.9 Å². The minimum atomic E-state index is -0.189. The third-order valence-corrected chi connectivity index (χ3v) is 7.46. The van der Waals surface area contributed by atoms with Crippen molar-refractivity contribution < 1.29 is 0 Å². The summed E-state index contributed by atoms with van der Waals surface area (Å²) in [5.41, 5.74) is 8.13. The third-order valence-electron chi connectivity index (χ3n) is 5.49. The van der Waals surface area contributed by atoms with Crippen molar-refractivity contribution in [2.45, 2.75) is 26.3 Å². The highest BCUT2D eigenvalue weighted by atomic mass is 32.1. The van der Waals surface area contributed by atoms with Gasteiger partial charge in [0.05, 0.1) is 16.1 Å². The van der Waals surface area contributed by atoms with Crippen LogP contribution in [0.5, 0.6) is 0 Å². The average Bonchev–Trinajstić information content (AvgIpc) is 3.07. The fourth-order valence-corrected chi connectivity index (χ4v) is 5.62. The van der Waals surface area contributed by atoms with Gasteiger partial charge in [-0.3, -0.25) is 3.96 Å². The molecule has 2 heterocycles. The Morgan fingerprint density at radius 1 is 0.897 bits per heavy atom. The molecular weight excluding hydrogens is 392 g/mol. The van der Waals surface area contributed by atoms with Crippen LogP contribution in [0.2, 0.25) is 0 Å². The maximum atomic E-state index is 5.98. The molecule has 1 N–H and O–H groups in total. The van der Waals surface area contributed by atoms with E-state index in [2.05, 4.69) is 96.8 Å². The number of fused-ring (bicyclic) bond motifs is 3. The first-order valence-corrected chi connectivity index (χ1v) is 10.9. The number of aryl methyl sites for hydroxylation is 1. The standard InChI is InChI=1S/C25H22N2S2/c1-16-9-12-19(13-10-16)27-24(28)22-20-14-11-18(17-7-5-4-6-8-17)15-21(20)26-25(2,3)23(22)29-27/h4-15,26H,1-3H3. The monoisotopic (exact) mass is 414 g/mol. The van der Waals surface area contributed by atoms with Crippen LogP contribution in [0, 0.1) is 11.6 Å². The largest absolute Gasteiger partial charge is 0.375 e. The number of rotatable bonds is 2. The molecular formula is C25H22N2S2. The second kappa shape index (κ2) is 6.68. The Balaban J connectivity index is 1.70. The van der Waals surface area contributed by atoms with Gasteiger partial charge in [0.2, 0.25) is 0 Å². The summed E-state index contributed by atoms with van der Waals surface area (Å²) >= 11 is 7.72. The Bertz CT molecular complexity index is 1260. The first-order chi connectivity index (χ1) is 13.9. The molecule has 1 aliphatic rings. The van der Waals surface area contributed by atoms with Crippen LogP contribution in [0.1, 0.15) is 24.3 Å². The van der Waals surface area contributed by atoms with E-state index in [0.29, 0.717) is 0 Å². The summed E-state index contributed by atoms with van der Waals surface area (Å²) in [4.78, 5) is 1.28. The van der Waals surface area contributed by atoms with E-state index in [1.54, 1.807) is 11.5 Å². The second-order valence-corrected chi connectivity index (χ2v) is 9.45. The maximum absolute atomic E-state index is 5.98. The average molecular weight is 415 g/mol. The predicted octanol–water partition coefficient (Wildman–Crippen LogP) is 7.57. The molecule has 0 radical (unpaired) electrons. The van der Waals surface area contributed by atoms with E-state index in [-0.39, 0.29) is 5.54 Å². The molecule has 0 saturated carbocycles. The van der Waals surface area contributed by atoms with Crippen LogP contribution < -0.4 is 5.32 Å². The molecule has 0 amide bonds. The number of nitrogens with one attached hydrogen (secondary N) is 1. The zero-order chi connectivity index (χ0) is 20.2. The van der Waals surface area contributed by atoms with Crippen molar-refractivity contribution >= 4 is 29.4 Å². The van der Waals surface area contributed by atoms with Crippen molar-refractivity contribution in [3.05, 3.63) is 87.9 Å². The summed E-state index contributed by atoms with van der Waals surface area (Å²) in [7, 11) is 0. The molecule has 0 aliphatic carbocycles. The van der Waals surface area contributed by atoms with E-state index < -0.39 is 0 Å². The Labute approximate surface area is 180 Å². The molecule has 0 bridgehead atoms. The summed E-state index contributed by atoms with van der Waals surface area (Å²) in [5.74, 6) is 0. The molecule has 1 aromatic heterocycles. The predicted molar refractivity (Wildman–Crippen MR) is 127 cm³/mol. The molecule has 4 aromatic rings. The van der Waals surface area contributed by atoms with Gasteiger partial charge in [0.15, 0.2) is 0 Å². The molecule has 0 fully saturated rings. The van der Waals surface area contributed by atoms with Crippen molar-refractivity contribution in [2.24, 2.45) is 0 Å². The van der Waals surface area contributed by atoms with Crippen molar-refractivity contribution in [2.75, 3.05) is 5.32 Å². The number of anilines is 1. The molecule has 0 unspecified atom stereocenters. The highest BCUT2D eigenvalue weighted by Gasteiger charge is 2.34. The number of hydrogen-bond acceptors (Lipinski definition) is 3. The van der Waals surface area contributed by atoms with E-state index in [4.69, 9.17) is 12.2 Å². The molecule has 2 nitrogen and oxygen atoms in total. The topological polar surface area (TPSA) is 17.0 Å². The van der Waals surface area contributed by atoms with Gasteiger partial charge < -0.3 is 5.32 Å². The molecule has 0 saturated heterocycles. The van der Waals surface area contributed by atoms with E-state index in [0.717, 1.165) is 16.0 Å². The van der Waals surface area contributed by atoms with Crippen molar-refractivity contribution in [1.29, 1.82) is 0 Å². The zero-order valence-electron chi connectivity index (χ0n) is 16.7. The zero-order valence-corrected chi connectivity index (χ0v) is 18.3. The van der Waals surface area contributed by atoms with Gasteiger partial charge in [0, 0.05) is 16.8 Å². The normalized spacial score (nSPS) is 14.0. The van der Waals surface area contributed by atoms with Crippen LogP contribution in [0.3, 0.4) is 0 Å². The summed E-state index contributed by atoms with van der Waals surface area (Å²) in [6.07, 6.45) is 0. The van der Waals surface area contributed by atoms with Crippen LogP contribution in [0.25, 0.3) is 27.9 Å². The van der Waals surface area contributed by atoms with Crippen molar-refractivity contribution in [1.82, 2.24) is 3.96 Å². The Morgan fingerprint density at radius 3 is 2.34 bits per heavy atom. The molecule has 144 valence electrons. The Hall–Kier alpha value is -2.69. The van der Waals surface area contributed by atoms with E-state index in [1.807, 2.05) is 6.07 Å². The minimum absolute atomic E-state index is 0.189. The molecule has 0 spiro atoms. The Kier molecular flexibility index (Phi) is 4.23.